The largest absolute Gasteiger partial charge is 0.323 e. The van der Waals surface area contributed by atoms with E-state index < -0.39 is 6.04 Å². The summed E-state index contributed by atoms with van der Waals surface area (Å²) < 4.78 is 2.47. The lowest BCUT2D eigenvalue weighted by Crippen LogP contribution is -2.24. The van der Waals surface area contributed by atoms with Crippen molar-refractivity contribution in [1.82, 2.24) is 14.8 Å². The minimum Gasteiger partial charge on any atom is -0.323 e. The van der Waals surface area contributed by atoms with E-state index in [0.717, 1.165) is 23.0 Å². The molecular formula is C14H15BrN4O. The molecule has 6 heteroatoms. The lowest BCUT2D eigenvalue weighted by Gasteiger charge is -2.14. The Labute approximate surface area is 125 Å². The summed E-state index contributed by atoms with van der Waals surface area (Å²) in [5, 5.41) is 6.95. The first-order valence-electron chi connectivity index (χ1n) is 6.61. The summed E-state index contributed by atoms with van der Waals surface area (Å²) >= 11 is 3.53. The Balaban J connectivity index is 1.79. The SMILES string of the molecule is C[C@@H](C(=O)Nc1cc2c(cc1Br)CCC2)n1cncn1. The van der Waals surface area contributed by atoms with Gasteiger partial charge in [-0.1, -0.05) is 0 Å². The van der Waals surface area contributed by atoms with Crippen LogP contribution in [0.15, 0.2) is 29.3 Å². The number of halogens is 1. The molecule has 0 fully saturated rings. The summed E-state index contributed by atoms with van der Waals surface area (Å²) in [4.78, 5) is 16.1. The molecule has 1 aliphatic rings. The molecule has 1 N–H and O–H groups in total. The van der Waals surface area contributed by atoms with Crippen LogP contribution in [-0.2, 0) is 17.6 Å². The molecule has 0 spiro atoms. The summed E-state index contributed by atoms with van der Waals surface area (Å²) in [5.41, 5.74) is 3.53. The van der Waals surface area contributed by atoms with Gasteiger partial charge in [-0.2, -0.15) is 5.10 Å². The first-order chi connectivity index (χ1) is 9.65. The van der Waals surface area contributed by atoms with Crippen molar-refractivity contribution in [3.63, 3.8) is 0 Å². The van der Waals surface area contributed by atoms with Crippen LogP contribution in [0.3, 0.4) is 0 Å². The Hall–Kier alpha value is -1.69. The highest BCUT2D eigenvalue weighted by Gasteiger charge is 2.19. The zero-order valence-corrected chi connectivity index (χ0v) is 12.7. The molecule has 1 atom stereocenters. The van der Waals surface area contributed by atoms with Gasteiger partial charge in [-0.3, -0.25) is 4.79 Å². The molecule has 1 aromatic carbocycles. The van der Waals surface area contributed by atoms with E-state index in [4.69, 9.17) is 0 Å². The van der Waals surface area contributed by atoms with Crippen LogP contribution >= 0.6 is 15.9 Å². The van der Waals surface area contributed by atoms with Crippen LogP contribution in [0.5, 0.6) is 0 Å². The number of nitrogens with zero attached hydrogens (tertiary/aromatic N) is 3. The van der Waals surface area contributed by atoms with Gasteiger partial charge in [-0.25, -0.2) is 9.67 Å². The van der Waals surface area contributed by atoms with Gasteiger partial charge in [0.2, 0.25) is 5.91 Å². The summed E-state index contributed by atoms with van der Waals surface area (Å²) in [6.07, 6.45) is 6.37. The summed E-state index contributed by atoms with van der Waals surface area (Å²) in [6, 6.07) is 3.79. The van der Waals surface area contributed by atoms with E-state index in [1.807, 2.05) is 0 Å². The van der Waals surface area contributed by atoms with Crippen LogP contribution in [0.2, 0.25) is 0 Å². The Morgan fingerprint density at radius 3 is 2.85 bits per heavy atom. The van der Waals surface area contributed by atoms with Gasteiger partial charge in [-0.05, 0) is 65.4 Å². The third-order valence-electron chi connectivity index (χ3n) is 3.65. The maximum Gasteiger partial charge on any atom is 0.249 e. The topological polar surface area (TPSA) is 59.8 Å². The minimum atomic E-state index is -0.391. The second-order valence-corrected chi connectivity index (χ2v) is 5.85. The van der Waals surface area contributed by atoms with E-state index in [2.05, 4.69) is 43.5 Å². The third-order valence-corrected chi connectivity index (χ3v) is 4.31. The number of hydrogen-bond donors (Lipinski definition) is 1. The summed E-state index contributed by atoms with van der Waals surface area (Å²) in [7, 11) is 0. The van der Waals surface area contributed by atoms with Crippen LogP contribution in [0.25, 0.3) is 0 Å². The fraction of sp³-hybridized carbons (Fsp3) is 0.357. The number of amides is 1. The first kappa shape index (κ1) is 13.3. The first-order valence-corrected chi connectivity index (χ1v) is 7.40. The fourth-order valence-electron chi connectivity index (χ4n) is 2.46. The second-order valence-electron chi connectivity index (χ2n) is 5.00. The maximum atomic E-state index is 12.2. The average Bonchev–Trinajstić information content (AvgIpc) is 3.08. The lowest BCUT2D eigenvalue weighted by molar-refractivity contribution is -0.119. The second kappa shape index (κ2) is 5.36. The highest BCUT2D eigenvalue weighted by atomic mass is 79.9. The molecule has 0 saturated heterocycles. The monoisotopic (exact) mass is 334 g/mol. The number of aromatic nitrogens is 3. The molecule has 2 aromatic rings. The predicted octanol–water partition coefficient (Wildman–Crippen LogP) is 2.73. The summed E-state index contributed by atoms with van der Waals surface area (Å²) in [5.74, 6) is -0.103. The standard InChI is InChI=1S/C14H15BrN4O/c1-9(19-8-16-7-17-19)14(20)18-13-6-11-4-2-3-10(11)5-12(13)15/h5-9H,2-4H2,1H3,(H,18,20)/t9-/m0/s1. The molecule has 0 unspecified atom stereocenters. The minimum absolute atomic E-state index is 0.103. The van der Waals surface area contributed by atoms with Gasteiger partial charge in [-0.15, -0.1) is 0 Å². The number of hydrogen-bond acceptors (Lipinski definition) is 3. The highest BCUT2D eigenvalue weighted by molar-refractivity contribution is 9.10. The van der Waals surface area contributed by atoms with Gasteiger partial charge in [0.05, 0.1) is 5.69 Å². The van der Waals surface area contributed by atoms with Gasteiger partial charge in [0.1, 0.15) is 18.7 Å². The van der Waals surface area contributed by atoms with Crippen molar-refractivity contribution in [3.8, 4) is 0 Å². The molecule has 0 bridgehead atoms. The Morgan fingerprint density at radius 1 is 1.40 bits per heavy atom. The normalized spacial score (nSPS) is 14.9. The van der Waals surface area contributed by atoms with E-state index >= 15 is 0 Å². The Bertz CT molecular complexity index is 639. The zero-order chi connectivity index (χ0) is 14.1. The molecule has 0 radical (unpaired) electrons. The average molecular weight is 335 g/mol. The van der Waals surface area contributed by atoms with Crippen LogP contribution in [0.1, 0.15) is 30.5 Å². The van der Waals surface area contributed by atoms with Crippen LogP contribution < -0.4 is 5.32 Å². The van der Waals surface area contributed by atoms with Crippen molar-refractivity contribution in [1.29, 1.82) is 0 Å². The predicted molar refractivity (Wildman–Crippen MR) is 79.5 cm³/mol. The van der Waals surface area contributed by atoms with Gasteiger partial charge in [0.25, 0.3) is 0 Å². The molecule has 1 aliphatic carbocycles. The number of rotatable bonds is 3. The van der Waals surface area contributed by atoms with Gasteiger partial charge < -0.3 is 5.32 Å². The van der Waals surface area contributed by atoms with Crippen LogP contribution in [-0.4, -0.2) is 20.7 Å². The molecule has 0 saturated carbocycles. The lowest BCUT2D eigenvalue weighted by atomic mass is 10.1. The van der Waals surface area contributed by atoms with E-state index in [1.165, 1.54) is 28.6 Å². The van der Waals surface area contributed by atoms with E-state index in [-0.39, 0.29) is 5.91 Å². The third kappa shape index (κ3) is 2.47. The number of fused-ring (bicyclic) bond motifs is 1. The van der Waals surface area contributed by atoms with Crippen LogP contribution in [0, 0.1) is 0 Å². The molecule has 1 aromatic heterocycles. The molecule has 1 amide bonds. The molecule has 0 aliphatic heterocycles. The smallest absolute Gasteiger partial charge is 0.249 e. The van der Waals surface area contributed by atoms with E-state index in [0.29, 0.717) is 0 Å². The van der Waals surface area contributed by atoms with Crippen molar-refractivity contribution in [2.45, 2.75) is 32.2 Å². The fourth-order valence-corrected chi connectivity index (χ4v) is 2.95. The molecule has 3 rings (SSSR count). The van der Waals surface area contributed by atoms with Gasteiger partial charge in [0, 0.05) is 4.47 Å². The molecule has 1 heterocycles. The van der Waals surface area contributed by atoms with Gasteiger partial charge in [0.15, 0.2) is 0 Å². The maximum absolute atomic E-state index is 12.2. The molecule has 5 nitrogen and oxygen atoms in total. The van der Waals surface area contributed by atoms with Crippen molar-refractivity contribution >= 4 is 27.5 Å². The number of anilines is 1. The zero-order valence-electron chi connectivity index (χ0n) is 11.1. The van der Waals surface area contributed by atoms with Crippen LogP contribution in [0.4, 0.5) is 5.69 Å². The number of nitrogens with one attached hydrogen (secondary N) is 1. The van der Waals surface area contributed by atoms with Gasteiger partial charge >= 0.3 is 0 Å². The highest BCUT2D eigenvalue weighted by Crippen LogP contribution is 2.32. The van der Waals surface area contributed by atoms with Crippen molar-refractivity contribution in [2.24, 2.45) is 0 Å². The summed E-state index contributed by atoms with van der Waals surface area (Å²) in [6.45, 7) is 1.80. The van der Waals surface area contributed by atoms with E-state index in [9.17, 15) is 4.79 Å². The molecule has 104 valence electrons. The Morgan fingerprint density at radius 2 is 2.15 bits per heavy atom. The number of aryl methyl sites for hydroxylation is 2. The molecular weight excluding hydrogens is 320 g/mol. The van der Waals surface area contributed by atoms with E-state index in [1.54, 1.807) is 13.3 Å². The number of carbonyl (C=O) groups is 1. The molecule has 20 heavy (non-hydrogen) atoms. The quantitative estimate of drug-likeness (QED) is 0.938. The van der Waals surface area contributed by atoms with Crippen molar-refractivity contribution in [2.75, 3.05) is 5.32 Å². The number of carbonyl (C=O) groups excluding carboxylic acids is 1. The number of benzene rings is 1. The van der Waals surface area contributed by atoms with Crippen molar-refractivity contribution in [3.05, 3.63) is 40.4 Å². The van der Waals surface area contributed by atoms with Crippen molar-refractivity contribution < 1.29 is 4.79 Å². The Kier molecular flexibility index (Phi) is 3.56.